The van der Waals surface area contributed by atoms with Crippen LogP contribution in [0.25, 0.3) is 22.1 Å². The SMILES string of the molecule is Oc1ccc(C(c2c[nH]c3ncccc23)c2c[nH]c3ncccc23)cc1. The molecule has 126 valence electrons. The average Bonchev–Trinajstić information content (AvgIpc) is 3.29. The van der Waals surface area contributed by atoms with Gasteiger partial charge in [0.2, 0.25) is 0 Å². The molecular formula is C21H16N4O. The fourth-order valence-corrected chi connectivity index (χ4v) is 3.63. The van der Waals surface area contributed by atoms with Gasteiger partial charge in [0.05, 0.1) is 0 Å². The highest BCUT2D eigenvalue weighted by Gasteiger charge is 2.23. The van der Waals surface area contributed by atoms with Crippen molar-refractivity contribution in [2.24, 2.45) is 0 Å². The summed E-state index contributed by atoms with van der Waals surface area (Å²) in [5.41, 5.74) is 5.11. The zero-order valence-electron chi connectivity index (χ0n) is 13.8. The molecule has 0 unspecified atom stereocenters. The van der Waals surface area contributed by atoms with Crippen molar-refractivity contribution in [2.75, 3.05) is 0 Å². The molecule has 5 nitrogen and oxygen atoms in total. The van der Waals surface area contributed by atoms with E-state index in [1.54, 1.807) is 24.5 Å². The molecule has 0 saturated carbocycles. The van der Waals surface area contributed by atoms with Crippen molar-refractivity contribution < 1.29 is 5.11 Å². The predicted octanol–water partition coefficient (Wildman–Crippen LogP) is 4.33. The molecule has 0 aliphatic rings. The van der Waals surface area contributed by atoms with Crippen molar-refractivity contribution in [3.05, 3.63) is 90.0 Å². The molecule has 26 heavy (non-hydrogen) atoms. The van der Waals surface area contributed by atoms with E-state index in [4.69, 9.17) is 0 Å². The van der Waals surface area contributed by atoms with Crippen LogP contribution in [0.2, 0.25) is 0 Å². The summed E-state index contributed by atoms with van der Waals surface area (Å²) >= 11 is 0. The summed E-state index contributed by atoms with van der Waals surface area (Å²) in [6, 6.07) is 15.4. The molecule has 4 heterocycles. The minimum absolute atomic E-state index is 0.00787. The molecule has 1 aromatic carbocycles. The maximum Gasteiger partial charge on any atom is 0.137 e. The summed E-state index contributed by atoms with van der Waals surface area (Å²) in [5.74, 6) is 0.250. The monoisotopic (exact) mass is 340 g/mol. The fourth-order valence-electron chi connectivity index (χ4n) is 3.63. The third kappa shape index (κ3) is 2.25. The topological polar surface area (TPSA) is 77.6 Å². The highest BCUT2D eigenvalue weighted by atomic mass is 16.3. The average molecular weight is 340 g/mol. The van der Waals surface area contributed by atoms with Crippen LogP contribution in [0.15, 0.2) is 73.3 Å². The van der Waals surface area contributed by atoms with Gasteiger partial charge < -0.3 is 15.1 Å². The molecule has 3 N–H and O–H groups in total. The third-order valence-corrected chi connectivity index (χ3v) is 4.81. The largest absolute Gasteiger partial charge is 0.508 e. The number of nitrogens with one attached hydrogen (secondary N) is 2. The van der Waals surface area contributed by atoms with E-state index in [0.29, 0.717) is 0 Å². The summed E-state index contributed by atoms with van der Waals surface area (Å²) in [5, 5.41) is 11.9. The zero-order valence-corrected chi connectivity index (χ0v) is 13.8. The van der Waals surface area contributed by atoms with Gasteiger partial charge in [-0.25, -0.2) is 9.97 Å². The lowest BCUT2D eigenvalue weighted by Gasteiger charge is -2.17. The number of H-pyrrole nitrogens is 2. The lowest BCUT2D eigenvalue weighted by molar-refractivity contribution is 0.475. The highest BCUT2D eigenvalue weighted by molar-refractivity contribution is 5.86. The summed E-state index contributed by atoms with van der Waals surface area (Å²) in [6.45, 7) is 0. The molecule has 0 atom stereocenters. The molecule has 5 aromatic rings. The van der Waals surface area contributed by atoms with Crippen LogP contribution >= 0.6 is 0 Å². The normalized spacial score (nSPS) is 11.6. The number of benzene rings is 1. The number of rotatable bonds is 3. The Hall–Kier alpha value is -3.60. The van der Waals surface area contributed by atoms with Crippen LogP contribution in [0.1, 0.15) is 22.6 Å². The van der Waals surface area contributed by atoms with E-state index in [0.717, 1.165) is 38.8 Å². The van der Waals surface area contributed by atoms with Crippen molar-refractivity contribution in [2.45, 2.75) is 5.92 Å². The number of phenolic OH excluding ortho intramolecular Hbond substituents is 1. The van der Waals surface area contributed by atoms with E-state index in [2.05, 4.69) is 32.1 Å². The van der Waals surface area contributed by atoms with Gasteiger partial charge in [0.25, 0.3) is 0 Å². The zero-order chi connectivity index (χ0) is 17.5. The lowest BCUT2D eigenvalue weighted by Crippen LogP contribution is -2.02. The van der Waals surface area contributed by atoms with Gasteiger partial charge in [0.1, 0.15) is 17.0 Å². The van der Waals surface area contributed by atoms with Crippen LogP contribution < -0.4 is 0 Å². The van der Waals surface area contributed by atoms with Gasteiger partial charge >= 0.3 is 0 Å². The Bertz CT molecular complexity index is 1130. The Morgan fingerprint density at radius 2 is 1.27 bits per heavy atom. The van der Waals surface area contributed by atoms with E-state index >= 15 is 0 Å². The van der Waals surface area contributed by atoms with E-state index in [-0.39, 0.29) is 11.7 Å². The first kappa shape index (κ1) is 14.7. The summed E-state index contributed by atoms with van der Waals surface area (Å²) in [7, 11) is 0. The number of nitrogens with zero attached hydrogens (tertiary/aromatic N) is 2. The third-order valence-electron chi connectivity index (χ3n) is 4.81. The Labute approximate surface area is 149 Å². The second kappa shape index (κ2) is 5.74. The summed E-state index contributed by atoms with van der Waals surface area (Å²) in [4.78, 5) is 15.4. The minimum Gasteiger partial charge on any atom is -0.508 e. The second-order valence-electron chi connectivity index (χ2n) is 6.31. The molecule has 0 radical (unpaired) electrons. The Balaban J connectivity index is 1.79. The van der Waals surface area contributed by atoms with Gasteiger partial charge in [0, 0.05) is 41.5 Å². The van der Waals surface area contributed by atoms with Crippen molar-refractivity contribution in [1.82, 2.24) is 19.9 Å². The Kier molecular flexibility index (Phi) is 3.25. The number of hydrogen-bond donors (Lipinski definition) is 3. The maximum absolute atomic E-state index is 9.71. The van der Waals surface area contributed by atoms with E-state index in [1.807, 2.05) is 36.7 Å². The van der Waals surface area contributed by atoms with Crippen LogP contribution in [0, 0.1) is 0 Å². The molecular weight excluding hydrogens is 324 g/mol. The molecule has 0 bridgehead atoms. The molecule has 0 spiro atoms. The molecule has 4 aromatic heterocycles. The number of fused-ring (bicyclic) bond motifs is 2. The fraction of sp³-hybridized carbons (Fsp3) is 0.0476. The summed E-state index contributed by atoms with van der Waals surface area (Å²) < 4.78 is 0. The van der Waals surface area contributed by atoms with E-state index in [1.165, 1.54) is 0 Å². The molecule has 5 heteroatoms. The molecule has 0 aliphatic carbocycles. The number of aromatic nitrogens is 4. The van der Waals surface area contributed by atoms with Crippen molar-refractivity contribution in [1.29, 1.82) is 0 Å². The molecule has 0 aliphatic heterocycles. The standard InChI is InChI=1S/C21H16N4O/c26-14-7-5-13(6-8-14)19(17-11-24-20-15(17)3-1-9-22-20)18-12-25-21-16(18)4-2-10-23-21/h1-12,19,26H,(H,22,24)(H,23,25). The molecule has 5 rings (SSSR count). The maximum atomic E-state index is 9.71. The van der Waals surface area contributed by atoms with Crippen LogP contribution in [0.3, 0.4) is 0 Å². The highest BCUT2D eigenvalue weighted by Crippen LogP contribution is 2.39. The number of aromatic amines is 2. The van der Waals surface area contributed by atoms with Crippen LogP contribution in [0.5, 0.6) is 5.75 Å². The first-order valence-corrected chi connectivity index (χ1v) is 8.44. The van der Waals surface area contributed by atoms with Crippen molar-refractivity contribution in [3.63, 3.8) is 0 Å². The number of pyridine rings is 2. The Morgan fingerprint density at radius 1 is 0.731 bits per heavy atom. The Morgan fingerprint density at radius 3 is 1.81 bits per heavy atom. The van der Waals surface area contributed by atoms with Crippen LogP contribution in [0.4, 0.5) is 0 Å². The van der Waals surface area contributed by atoms with E-state index in [9.17, 15) is 5.11 Å². The van der Waals surface area contributed by atoms with Gasteiger partial charge in [-0.05, 0) is 53.1 Å². The van der Waals surface area contributed by atoms with Gasteiger partial charge in [-0.1, -0.05) is 12.1 Å². The number of hydrogen-bond acceptors (Lipinski definition) is 3. The van der Waals surface area contributed by atoms with Gasteiger partial charge in [-0.2, -0.15) is 0 Å². The van der Waals surface area contributed by atoms with Crippen LogP contribution in [-0.4, -0.2) is 25.0 Å². The molecule has 0 fully saturated rings. The lowest BCUT2D eigenvalue weighted by atomic mass is 9.85. The molecule has 0 saturated heterocycles. The quantitative estimate of drug-likeness (QED) is 0.457. The number of phenols is 1. The smallest absolute Gasteiger partial charge is 0.137 e. The number of aromatic hydroxyl groups is 1. The predicted molar refractivity (Wildman–Crippen MR) is 101 cm³/mol. The van der Waals surface area contributed by atoms with Gasteiger partial charge in [-0.15, -0.1) is 0 Å². The van der Waals surface area contributed by atoms with Crippen LogP contribution in [-0.2, 0) is 0 Å². The van der Waals surface area contributed by atoms with Gasteiger partial charge in [-0.3, -0.25) is 0 Å². The first-order chi connectivity index (χ1) is 12.8. The second-order valence-corrected chi connectivity index (χ2v) is 6.31. The van der Waals surface area contributed by atoms with Gasteiger partial charge in [0.15, 0.2) is 0 Å². The molecule has 0 amide bonds. The summed E-state index contributed by atoms with van der Waals surface area (Å²) in [6.07, 6.45) is 7.61. The first-order valence-electron chi connectivity index (χ1n) is 8.44. The minimum atomic E-state index is -0.00787. The van der Waals surface area contributed by atoms with Crippen molar-refractivity contribution in [3.8, 4) is 5.75 Å². The van der Waals surface area contributed by atoms with Crippen molar-refractivity contribution >= 4 is 22.1 Å². The van der Waals surface area contributed by atoms with E-state index < -0.39 is 0 Å².